The van der Waals surface area contributed by atoms with Gasteiger partial charge in [0.05, 0.1) is 35.8 Å². The Morgan fingerprint density at radius 1 is 1.37 bits per heavy atom. The van der Waals surface area contributed by atoms with Crippen LogP contribution in [0.3, 0.4) is 0 Å². The molecule has 3 aliphatic heterocycles. The molecule has 2 amide bonds. The van der Waals surface area contributed by atoms with Crippen LogP contribution in [0.5, 0.6) is 0 Å². The maximum absolute atomic E-state index is 13.8. The smallest absolute Gasteiger partial charge is 0.310 e. The molecule has 3 saturated heterocycles. The van der Waals surface area contributed by atoms with E-state index in [9.17, 15) is 19.5 Å². The summed E-state index contributed by atoms with van der Waals surface area (Å²) in [6.45, 7) is 13.5. The zero-order valence-corrected chi connectivity index (χ0v) is 19.9. The Bertz CT molecular complexity index is 721. The first-order chi connectivity index (χ1) is 13.9. The summed E-state index contributed by atoms with van der Waals surface area (Å²) in [5, 5.41) is 13.2. The molecule has 8 heteroatoms. The third-order valence-corrected chi connectivity index (χ3v) is 8.88. The van der Waals surface area contributed by atoms with E-state index in [0.717, 1.165) is 6.42 Å². The SMILES string of the molecule is CCOC(=O)[C@@H]1[C@H]2C(=O)N([C@@H](CO)C(C)C)C(C(=O)NC(C)(C)C)C23S[C@@H]1CC3C. The van der Waals surface area contributed by atoms with Crippen LogP contribution < -0.4 is 5.32 Å². The number of amides is 2. The molecule has 3 fully saturated rings. The van der Waals surface area contributed by atoms with Gasteiger partial charge in [0.25, 0.3) is 0 Å². The van der Waals surface area contributed by atoms with Crippen molar-refractivity contribution < 1.29 is 24.2 Å². The van der Waals surface area contributed by atoms with Gasteiger partial charge in [0, 0.05) is 10.8 Å². The molecule has 2 bridgehead atoms. The largest absolute Gasteiger partial charge is 0.466 e. The zero-order valence-electron chi connectivity index (χ0n) is 19.1. The van der Waals surface area contributed by atoms with E-state index in [0.29, 0.717) is 0 Å². The molecule has 2 N–H and O–H groups in total. The number of thioether (sulfide) groups is 1. The Balaban J connectivity index is 2.12. The normalized spacial score (nSPS) is 36.2. The van der Waals surface area contributed by atoms with Crippen molar-refractivity contribution in [3.8, 4) is 0 Å². The maximum Gasteiger partial charge on any atom is 0.310 e. The van der Waals surface area contributed by atoms with Gasteiger partial charge in [0.15, 0.2) is 0 Å². The second-order valence-electron chi connectivity index (χ2n) is 10.3. The maximum atomic E-state index is 13.8. The molecule has 0 saturated carbocycles. The Labute approximate surface area is 183 Å². The Hall–Kier alpha value is -1.28. The van der Waals surface area contributed by atoms with Crippen molar-refractivity contribution in [1.82, 2.24) is 10.2 Å². The first kappa shape index (κ1) is 23.4. The number of nitrogens with zero attached hydrogens (tertiary/aromatic N) is 1. The number of carbonyl (C=O) groups excluding carboxylic acids is 3. The van der Waals surface area contributed by atoms with Gasteiger partial charge in [-0.3, -0.25) is 14.4 Å². The minimum Gasteiger partial charge on any atom is -0.466 e. The topological polar surface area (TPSA) is 95.9 Å². The average molecular weight is 441 g/mol. The third-order valence-electron chi connectivity index (χ3n) is 6.80. The van der Waals surface area contributed by atoms with Crippen LogP contribution in [-0.2, 0) is 19.1 Å². The molecule has 3 heterocycles. The fraction of sp³-hybridized carbons (Fsp3) is 0.864. The van der Waals surface area contributed by atoms with Crippen molar-refractivity contribution in [2.24, 2.45) is 23.7 Å². The molecular formula is C22H36N2O5S. The molecule has 3 rings (SSSR count). The Morgan fingerprint density at radius 3 is 2.50 bits per heavy atom. The predicted molar refractivity (Wildman–Crippen MR) is 116 cm³/mol. The van der Waals surface area contributed by atoms with Gasteiger partial charge >= 0.3 is 5.97 Å². The van der Waals surface area contributed by atoms with Crippen molar-refractivity contribution in [2.75, 3.05) is 13.2 Å². The lowest BCUT2D eigenvalue weighted by Gasteiger charge is -2.41. The molecule has 0 aromatic heterocycles. The number of esters is 1. The van der Waals surface area contributed by atoms with Crippen LogP contribution in [0, 0.1) is 23.7 Å². The molecule has 0 aliphatic carbocycles. The van der Waals surface area contributed by atoms with Gasteiger partial charge in [-0.2, -0.15) is 0 Å². The summed E-state index contributed by atoms with van der Waals surface area (Å²) in [5.74, 6) is -1.82. The highest BCUT2D eigenvalue weighted by Gasteiger charge is 2.77. The van der Waals surface area contributed by atoms with Crippen LogP contribution in [0.25, 0.3) is 0 Å². The first-order valence-corrected chi connectivity index (χ1v) is 11.9. The van der Waals surface area contributed by atoms with Gasteiger partial charge in [-0.1, -0.05) is 20.8 Å². The molecule has 0 aromatic rings. The minimum absolute atomic E-state index is 0.0216. The number of hydrogen-bond acceptors (Lipinski definition) is 6. The van der Waals surface area contributed by atoms with E-state index in [1.165, 1.54) is 0 Å². The lowest BCUT2D eigenvalue weighted by Crippen LogP contribution is -2.61. The molecule has 30 heavy (non-hydrogen) atoms. The monoisotopic (exact) mass is 440 g/mol. The van der Waals surface area contributed by atoms with Crippen molar-refractivity contribution in [2.45, 2.75) is 82.5 Å². The van der Waals surface area contributed by atoms with E-state index in [1.54, 1.807) is 23.6 Å². The molecule has 3 unspecified atom stereocenters. The number of aliphatic hydroxyl groups is 1. The molecule has 7 atom stereocenters. The van der Waals surface area contributed by atoms with E-state index < -0.39 is 34.2 Å². The fourth-order valence-corrected chi connectivity index (χ4v) is 8.08. The van der Waals surface area contributed by atoms with Gasteiger partial charge in [0.1, 0.15) is 6.04 Å². The van der Waals surface area contributed by atoms with Gasteiger partial charge < -0.3 is 20.1 Å². The lowest BCUT2D eigenvalue weighted by atomic mass is 9.66. The summed E-state index contributed by atoms with van der Waals surface area (Å²) in [4.78, 5) is 41.9. The highest BCUT2D eigenvalue weighted by molar-refractivity contribution is 8.02. The number of rotatable bonds is 6. The van der Waals surface area contributed by atoms with Gasteiger partial charge in [0.2, 0.25) is 11.8 Å². The summed E-state index contributed by atoms with van der Waals surface area (Å²) < 4.78 is 4.66. The number of hydrogen-bond donors (Lipinski definition) is 2. The van der Waals surface area contributed by atoms with Crippen LogP contribution in [-0.4, -0.2) is 68.6 Å². The molecule has 1 spiro atoms. The Kier molecular flexibility index (Phi) is 6.24. The fourth-order valence-electron chi connectivity index (χ4n) is 5.68. The van der Waals surface area contributed by atoms with Crippen LogP contribution in [0.1, 0.15) is 54.9 Å². The summed E-state index contributed by atoms with van der Waals surface area (Å²) in [6, 6.07) is -1.21. The van der Waals surface area contributed by atoms with E-state index in [-0.39, 0.29) is 48.1 Å². The van der Waals surface area contributed by atoms with E-state index in [1.807, 2.05) is 34.6 Å². The summed E-state index contributed by atoms with van der Waals surface area (Å²) >= 11 is 1.62. The standard InChI is InChI=1S/C22H36N2O5S/c1-8-29-20(28)15-14-9-12(4)22(30-14)16(15)19(27)24(13(10-25)11(2)3)17(22)18(26)23-21(5,6)7/h11-17,25H,8-10H2,1-7H3,(H,23,26)/t12?,13-,14+,15-,16-,17?,22?/m0/s1. The number of carbonyl (C=O) groups is 3. The first-order valence-electron chi connectivity index (χ1n) is 11.0. The summed E-state index contributed by atoms with van der Waals surface area (Å²) in [6.07, 6.45) is 0.774. The highest BCUT2D eigenvalue weighted by atomic mass is 32.2. The lowest BCUT2D eigenvalue weighted by molar-refractivity contribution is -0.154. The van der Waals surface area contributed by atoms with Crippen LogP contribution >= 0.6 is 11.8 Å². The van der Waals surface area contributed by atoms with E-state index in [2.05, 4.69) is 12.2 Å². The number of aliphatic hydroxyl groups excluding tert-OH is 1. The number of ether oxygens (including phenoxy) is 1. The minimum atomic E-state index is -0.724. The number of fused-ring (bicyclic) bond motifs is 1. The van der Waals surface area contributed by atoms with Crippen LogP contribution in [0.15, 0.2) is 0 Å². The molecule has 0 radical (unpaired) electrons. The molecule has 7 nitrogen and oxygen atoms in total. The number of likely N-dealkylation sites (tertiary alicyclic amines) is 1. The van der Waals surface area contributed by atoms with E-state index in [4.69, 9.17) is 4.74 Å². The molecule has 170 valence electrons. The van der Waals surface area contributed by atoms with Crippen molar-refractivity contribution in [3.05, 3.63) is 0 Å². The zero-order chi connectivity index (χ0) is 22.6. The second kappa shape index (κ2) is 8.01. The molecule has 3 aliphatic rings. The van der Waals surface area contributed by atoms with Gasteiger partial charge in [-0.25, -0.2) is 0 Å². The van der Waals surface area contributed by atoms with Crippen LogP contribution in [0.4, 0.5) is 0 Å². The summed E-state index contributed by atoms with van der Waals surface area (Å²) in [7, 11) is 0. The number of nitrogens with one attached hydrogen (secondary N) is 1. The van der Waals surface area contributed by atoms with Crippen molar-refractivity contribution in [3.63, 3.8) is 0 Å². The van der Waals surface area contributed by atoms with Crippen molar-refractivity contribution in [1.29, 1.82) is 0 Å². The quantitative estimate of drug-likeness (QED) is 0.612. The third kappa shape index (κ3) is 3.44. The van der Waals surface area contributed by atoms with Gasteiger partial charge in [-0.05, 0) is 46.0 Å². The predicted octanol–water partition coefficient (Wildman–Crippen LogP) is 1.82. The second-order valence-corrected chi connectivity index (χ2v) is 11.8. The highest BCUT2D eigenvalue weighted by Crippen LogP contribution is 2.69. The average Bonchev–Trinajstić information content (AvgIpc) is 3.19. The molecular weight excluding hydrogens is 404 g/mol. The van der Waals surface area contributed by atoms with Crippen molar-refractivity contribution >= 4 is 29.5 Å². The molecule has 0 aromatic carbocycles. The van der Waals surface area contributed by atoms with Gasteiger partial charge in [-0.15, -0.1) is 11.8 Å². The van der Waals surface area contributed by atoms with E-state index >= 15 is 0 Å². The van der Waals surface area contributed by atoms with Crippen LogP contribution in [0.2, 0.25) is 0 Å². The Morgan fingerprint density at radius 2 is 2.00 bits per heavy atom. The summed E-state index contributed by atoms with van der Waals surface area (Å²) in [5.41, 5.74) is -0.460.